The van der Waals surface area contributed by atoms with Gasteiger partial charge in [-0.25, -0.2) is 8.42 Å². The van der Waals surface area contributed by atoms with Crippen molar-refractivity contribution in [3.8, 4) is 0 Å². The van der Waals surface area contributed by atoms with Crippen molar-refractivity contribution in [3.63, 3.8) is 0 Å². The van der Waals surface area contributed by atoms with Crippen LogP contribution in [0.2, 0.25) is 5.02 Å². The number of sulfonamides is 1. The molecule has 0 fully saturated rings. The number of hydrogen-bond acceptors (Lipinski definition) is 5. The lowest BCUT2D eigenvalue weighted by Gasteiger charge is -2.24. The largest absolute Gasteiger partial charge is 0.465 e. The minimum atomic E-state index is -3.96. The summed E-state index contributed by atoms with van der Waals surface area (Å²) >= 11 is 7.66. The van der Waals surface area contributed by atoms with Crippen molar-refractivity contribution in [3.05, 3.63) is 53.1 Å². The van der Waals surface area contributed by atoms with Crippen molar-refractivity contribution in [1.82, 2.24) is 0 Å². The molecule has 5 nitrogen and oxygen atoms in total. The lowest BCUT2D eigenvalue weighted by Crippen LogP contribution is -2.36. The van der Waals surface area contributed by atoms with Crippen molar-refractivity contribution in [1.29, 1.82) is 0 Å². The molecular weight excluding hydrogens is 394 g/mol. The van der Waals surface area contributed by atoms with Crippen LogP contribution in [0.25, 0.3) is 0 Å². The maximum absolute atomic E-state index is 13.1. The highest BCUT2D eigenvalue weighted by Crippen LogP contribution is 2.28. The minimum absolute atomic E-state index is 0.0938. The van der Waals surface area contributed by atoms with Crippen LogP contribution in [-0.4, -0.2) is 33.8 Å². The number of aryl methyl sites for hydroxylation is 1. The Morgan fingerprint density at radius 2 is 1.85 bits per heavy atom. The van der Waals surface area contributed by atoms with Crippen molar-refractivity contribution in [2.75, 3.05) is 23.7 Å². The quantitative estimate of drug-likeness (QED) is 0.504. The van der Waals surface area contributed by atoms with E-state index in [0.717, 1.165) is 14.8 Å². The maximum atomic E-state index is 13.1. The van der Waals surface area contributed by atoms with Gasteiger partial charge in [0.2, 0.25) is 0 Å². The Labute approximate surface area is 163 Å². The Bertz CT molecular complexity index is 883. The molecule has 0 aromatic heterocycles. The van der Waals surface area contributed by atoms with Crippen molar-refractivity contribution < 1.29 is 17.9 Å². The van der Waals surface area contributed by atoms with E-state index < -0.39 is 22.5 Å². The molecule has 0 atom stereocenters. The summed E-state index contributed by atoms with van der Waals surface area (Å²) in [6.45, 7) is 3.22. The van der Waals surface area contributed by atoms with Crippen LogP contribution in [0.1, 0.15) is 12.5 Å². The van der Waals surface area contributed by atoms with Gasteiger partial charge in [0.05, 0.1) is 17.2 Å². The summed E-state index contributed by atoms with van der Waals surface area (Å²) in [4.78, 5) is 13.0. The summed E-state index contributed by atoms with van der Waals surface area (Å²) in [6, 6.07) is 11.4. The van der Waals surface area contributed by atoms with E-state index in [1.165, 1.54) is 30.0 Å². The van der Waals surface area contributed by atoms with Crippen LogP contribution >= 0.6 is 23.4 Å². The number of benzene rings is 2. The standard InChI is InChI=1S/C18H20ClNO4S2/c1-4-24-18(21)12-20(14-6-5-13(2)17(19)11-14)26(22,23)16-9-7-15(25-3)8-10-16/h5-11H,4,12H2,1-3H3. The molecule has 140 valence electrons. The number of halogens is 1. The van der Waals surface area contributed by atoms with Gasteiger partial charge in [0, 0.05) is 9.92 Å². The van der Waals surface area contributed by atoms with Crippen LogP contribution in [0.5, 0.6) is 0 Å². The van der Waals surface area contributed by atoms with Gasteiger partial charge >= 0.3 is 5.97 Å². The van der Waals surface area contributed by atoms with Gasteiger partial charge in [0.1, 0.15) is 6.54 Å². The lowest BCUT2D eigenvalue weighted by molar-refractivity contribution is -0.141. The molecule has 0 unspecified atom stereocenters. The predicted octanol–water partition coefficient (Wildman–Crippen LogP) is 4.13. The summed E-state index contributed by atoms with van der Waals surface area (Å²) < 4.78 is 32.2. The molecule has 26 heavy (non-hydrogen) atoms. The second-order valence-corrected chi connectivity index (χ2v) is 8.57. The van der Waals surface area contributed by atoms with Crippen LogP contribution in [-0.2, 0) is 19.6 Å². The van der Waals surface area contributed by atoms with E-state index in [0.29, 0.717) is 10.7 Å². The van der Waals surface area contributed by atoms with Gasteiger partial charge in [0.15, 0.2) is 0 Å². The van der Waals surface area contributed by atoms with Gasteiger partial charge in [-0.05, 0) is 62.1 Å². The molecule has 0 radical (unpaired) electrons. The summed E-state index contributed by atoms with van der Waals surface area (Å²) in [5.74, 6) is -0.631. The first-order valence-corrected chi connectivity index (χ1v) is 10.9. The Kier molecular flexibility index (Phi) is 6.97. The molecule has 2 rings (SSSR count). The number of nitrogens with zero attached hydrogens (tertiary/aromatic N) is 1. The number of anilines is 1. The summed E-state index contributed by atoms with van der Waals surface area (Å²) in [5, 5.41) is 0.421. The smallest absolute Gasteiger partial charge is 0.326 e. The zero-order valence-electron chi connectivity index (χ0n) is 14.7. The molecule has 0 amide bonds. The molecule has 0 N–H and O–H groups in total. The molecule has 0 heterocycles. The third-order valence-corrected chi connectivity index (χ3v) is 6.61. The molecule has 2 aromatic carbocycles. The van der Waals surface area contributed by atoms with Gasteiger partial charge < -0.3 is 4.74 Å². The van der Waals surface area contributed by atoms with Crippen LogP contribution < -0.4 is 4.31 Å². The molecule has 0 saturated heterocycles. The highest BCUT2D eigenvalue weighted by atomic mass is 35.5. The topological polar surface area (TPSA) is 63.7 Å². The molecule has 0 spiro atoms. The number of rotatable bonds is 7. The summed E-state index contributed by atoms with van der Waals surface area (Å²) in [7, 11) is -3.96. The highest BCUT2D eigenvalue weighted by molar-refractivity contribution is 7.98. The number of hydrogen-bond donors (Lipinski definition) is 0. The zero-order valence-corrected chi connectivity index (χ0v) is 17.1. The van der Waals surface area contributed by atoms with Gasteiger partial charge in [0.25, 0.3) is 10.0 Å². The number of esters is 1. The highest BCUT2D eigenvalue weighted by Gasteiger charge is 2.28. The number of ether oxygens (including phenoxy) is 1. The van der Waals surface area contributed by atoms with E-state index in [-0.39, 0.29) is 11.5 Å². The fourth-order valence-corrected chi connectivity index (χ4v) is 4.23. The number of carbonyl (C=O) groups is 1. The third-order valence-electron chi connectivity index (χ3n) is 3.67. The molecular formula is C18H20ClNO4S2. The Balaban J connectivity index is 2.49. The molecule has 0 aliphatic carbocycles. The molecule has 2 aromatic rings. The Morgan fingerprint density at radius 3 is 2.38 bits per heavy atom. The predicted molar refractivity (Wildman–Crippen MR) is 106 cm³/mol. The average molecular weight is 414 g/mol. The lowest BCUT2D eigenvalue weighted by atomic mass is 10.2. The van der Waals surface area contributed by atoms with Crippen LogP contribution in [0.15, 0.2) is 52.3 Å². The SMILES string of the molecule is CCOC(=O)CN(c1ccc(C)c(Cl)c1)S(=O)(=O)c1ccc(SC)cc1. The second-order valence-electron chi connectivity index (χ2n) is 5.43. The third kappa shape index (κ3) is 4.72. The fourth-order valence-electron chi connectivity index (χ4n) is 2.25. The van der Waals surface area contributed by atoms with Crippen LogP contribution in [0.4, 0.5) is 5.69 Å². The van der Waals surface area contributed by atoms with E-state index >= 15 is 0 Å². The van der Waals surface area contributed by atoms with Gasteiger partial charge in [-0.1, -0.05) is 17.7 Å². The second kappa shape index (κ2) is 8.79. The van der Waals surface area contributed by atoms with E-state index in [1.807, 2.05) is 13.2 Å². The van der Waals surface area contributed by atoms with Crippen LogP contribution in [0.3, 0.4) is 0 Å². The van der Waals surface area contributed by atoms with E-state index in [9.17, 15) is 13.2 Å². The monoisotopic (exact) mass is 413 g/mol. The normalized spacial score (nSPS) is 11.2. The first-order valence-electron chi connectivity index (χ1n) is 7.88. The first-order chi connectivity index (χ1) is 12.3. The fraction of sp³-hybridized carbons (Fsp3) is 0.278. The molecule has 0 aliphatic rings. The molecule has 0 saturated carbocycles. The van der Waals surface area contributed by atoms with Gasteiger partial charge in [-0.15, -0.1) is 11.8 Å². The van der Waals surface area contributed by atoms with E-state index in [4.69, 9.17) is 16.3 Å². The van der Waals surface area contributed by atoms with Crippen molar-refractivity contribution >= 4 is 45.0 Å². The first kappa shape index (κ1) is 20.6. The number of carbonyl (C=O) groups excluding carboxylic acids is 1. The molecule has 0 aliphatic heterocycles. The van der Waals surface area contributed by atoms with Crippen molar-refractivity contribution in [2.45, 2.75) is 23.6 Å². The zero-order chi connectivity index (χ0) is 19.3. The van der Waals surface area contributed by atoms with Gasteiger partial charge in [-0.3, -0.25) is 9.10 Å². The summed E-state index contributed by atoms with van der Waals surface area (Å²) in [5.41, 5.74) is 1.12. The number of thioether (sulfide) groups is 1. The summed E-state index contributed by atoms with van der Waals surface area (Å²) in [6.07, 6.45) is 1.91. The van der Waals surface area contributed by atoms with Crippen molar-refractivity contribution in [2.24, 2.45) is 0 Å². The Morgan fingerprint density at radius 1 is 1.19 bits per heavy atom. The van der Waals surface area contributed by atoms with E-state index in [1.54, 1.807) is 31.2 Å². The average Bonchev–Trinajstić information content (AvgIpc) is 2.62. The molecule has 8 heteroatoms. The minimum Gasteiger partial charge on any atom is -0.465 e. The van der Waals surface area contributed by atoms with Gasteiger partial charge in [-0.2, -0.15) is 0 Å². The maximum Gasteiger partial charge on any atom is 0.326 e. The van der Waals surface area contributed by atoms with Crippen LogP contribution in [0, 0.1) is 6.92 Å². The van der Waals surface area contributed by atoms with E-state index in [2.05, 4.69) is 0 Å². The molecule has 0 bridgehead atoms. The Hall–Kier alpha value is -1.70.